The highest BCUT2D eigenvalue weighted by molar-refractivity contribution is 4.97. The van der Waals surface area contributed by atoms with E-state index in [0.29, 0.717) is 6.04 Å². The Morgan fingerprint density at radius 2 is 2.50 bits per heavy atom. The van der Waals surface area contributed by atoms with Crippen LogP contribution in [0.3, 0.4) is 0 Å². The molecule has 1 saturated carbocycles. The van der Waals surface area contributed by atoms with E-state index in [4.69, 9.17) is 0 Å². The number of H-pyrrole nitrogens is 1. The van der Waals surface area contributed by atoms with Crippen LogP contribution in [0.25, 0.3) is 0 Å². The van der Waals surface area contributed by atoms with Crippen LogP contribution in [0.5, 0.6) is 0 Å². The van der Waals surface area contributed by atoms with Gasteiger partial charge in [0.15, 0.2) is 0 Å². The first kappa shape index (κ1) is 9.71. The first-order valence-electron chi connectivity index (χ1n) is 5.56. The number of aromatic amines is 1. The number of hydrogen-bond donors (Lipinski definition) is 2. The fourth-order valence-electron chi connectivity index (χ4n) is 2.26. The van der Waals surface area contributed by atoms with Crippen LogP contribution in [0.1, 0.15) is 38.3 Å². The first-order chi connectivity index (χ1) is 6.84. The minimum absolute atomic E-state index is 0.710. The Morgan fingerprint density at radius 3 is 3.21 bits per heavy atom. The van der Waals surface area contributed by atoms with Gasteiger partial charge in [-0.2, -0.15) is 5.10 Å². The van der Waals surface area contributed by atoms with Gasteiger partial charge in [0.1, 0.15) is 0 Å². The normalized spacial score (nSPS) is 27.8. The van der Waals surface area contributed by atoms with Gasteiger partial charge in [-0.1, -0.05) is 19.8 Å². The van der Waals surface area contributed by atoms with E-state index in [1.54, 1.807) is 6.20 Å². The zero-order chi connectivity index (χ0) is 9.80. The SMILES string of the molecule is CC1CCCC(NCc2ccn[nH]2)C1. The standard InChI is InChI=1S/C11H19N3/c1-9-3-2-4-10(7-9)12-8-11-5-6-13-14-11/h5-6,9-10,12H,2-4,7-8H2,1H3,(H,13,14). The van der Waals surface area contributed by atoms with Crippen LogP contribution in [0.15, 0.2) is 12.3 Å². The third-order valence-corrected chi connectivity index (χ3v) is 3.08. The van der Waals surface area contributed by atoms with E-state index in [1.807, 2.05) is 6.07 Å². The molecule has 1 heterocycles. The Morgan fingerprint density at radius 1 is 1.57 bits per heavy atom. The Bertz CT molecular complexity index is 256. The number of aromatic nitrogens is 2. The second kappa shape index (κ2) is 4.60. The molecule has 2 rings (SSSR count). The summed E-state index contributed by atoms with van der Waals surface area (Å²) in [6, 6.07) is 2.74. The summed E-state index contributed by atoms with van der Waals surface area (Å²) in [6.07, 6.45) is 7.25. The number of nitrogens with one attached hydrogen (secondary N) is 2. The minimum Gasteiger partial charge on any atom is -0.308 e. The highest BCUT2D eigenvalue weighted by atomic mass is 15.1. The summed E-state index contributed by atoms with van der Waals surface area (Å²) in [6.45, 7) is 3.28. The lowest BCUT2D eigenvalue weighted by atomic mass is 9.87. The van der Waals surface area contributed by atoms with Gasteiger partial charge in [0, 0.05) is 24.5 Å². The molecule has 14 heavy (non-hydrogen) atoms. The third-order valence-electron chi connectivity index (χ3n) is 3.08. The van der Waals surface area contributed by atoms with E-state index < -0.39 is 0 Å². The lowest BCUT2D eigenvalue weighted by Crippen LogP contribution is -2.33. The Kier molecular flexibility index (Phi) is 3.19. The van der Waals surface area contributed by atoms with E-state index in [-0.39, 0.29) is 0 Å². The zero-order valence-electron chi connectivity index (χ0n) is 8.79. The molecule has 2 atom stereocenters. The molecule has 1 aromatic rings. The molecule has 0 radical (unpaired) electrons. The first-order valence-corrected chi connectivity index (χ1v) is 5.56. The molecule has 1 fully saturated rings. The van der Waals surface area contributed by atoms with E-state index in [9.17, 15) is 0 Å². The molecule has 0 spiro atoms. The number of hydrogen-bond acceptors (Lipinski definition) is 2. The summed E-state index contributed by atoms with van der Waals surface area (Å²) >= 11 is 0. The van der Waals surface area contributed by atoms with Crippen LogP contribution in [0, 0.1) is 5.92 Å². The quantitative estimate of drug-likeness (QED) is 0.771. The van der Waals surface area contributed by atoms with E-state index in [0.717, 1.165) is 12.5 Å². The average molecular weight is 193 g/mol. The van der Waals surface area contributed by atoms with Crippen LogP contribution >= 0.6 is 0 Å². The molecule has 1 aliphatic carbocycles. The second-order valence-electron chi connectivity index (χ2n) is 4.43. The topological polar surface area (TPSA) is 40.7 Å². The van der Waals surface area contributed by atoms with Gasteiger partial charge in [0.2, 0.25) is 0 Å². The predicted molar refractivity (Wildman–Crippen MR) is 56.8 cm³/mol. The maximum Gasteiger partial charge on any atom is 0.0490 e. The van der Waals surface area contributed by atoms with Gasteiger partial charge in [-0.05, 0) is 24.8 Å². The Balaban J connectivity index is 1.75. The van der Waals surface area contributed by atoms with Gasteiger partial charge >= 0.3 is 0 Å². The van der Waals surface area contributed by atoms with Crippen molar-refractivity contribution in [2.75, 3.05) is 0 Å². The lowest BCUT2D eigenvalue weighted by Gasteiger charge is -2.27. The Labute approximate surface area is 85.3 Å². The van der Waals surface area contributed by atoms with Gasteiger partial charge in [0.25, 0.3) is 0 Å². The summed E-state index contributed by atoms with van der Waals surface area (Å²) in [5.74, 6) is 0.892. The van der Waals surface area contributed by atoms with Gasteiger partial charge in [-0.15, -0.1) is 0 Å². The van der Waals surface area contributed by atoms with Crippen molar-refractivity contribution in [3.05, 3.63) is 18.0 Å². The fourth-order valence-corrected chi connectivity index (χ4v) is 2.26. The molecule has 2 N–H and O–H groups in total. The molecule has 1 aliphatic rings. The minimum atomic E-state index is 0.710. The summed E-state index contributed by atoms with van der Waals surface area (Å²) in [7, 11) is 0. The molecule has 0 bridgehead atoms. The van der Waals surface area contributed by atoms with Crippen LogP contribution in [-0.4, -0.2) is 16.2 Å². The number of rotatable bonds is 3. The largest absolute Gasteiger partial charge is 0.308 e. The molecule has 0 amide bonds. The van der Waals surface area contributed by atoms with Crippen LogP contribution < -0.4 is 5.32 Å². The van der Waals surface area contributed by atoms with Crippen LogP contribution in [0.4, 0.5) is 0 Å². The molecular weight excluding hydrogens is 174 g/mol. The van der Waals surface area contributed by atoms with E-state index in [1.165, 1.54) is 31.4 Å². The highest BCUT2D eigenvalue weighted by Gasteiger charge is 2.17. The van der Waals surface area contributed by atoms with Crippen molar-refractivity contribution in [3.63, 3.8) is 0 Å². The van der Waals surface area contributed by atoms with Gasteiger partial charge in [0.05, 0.1) is 0 Å². The van der Waals surface area contributed by atoms with Gasteiger partial charge < -0.3 is 5.32 Å². The van der Waals surface area contributed by atoms with Crippen LogP contribution in [0.2, 0.25) is 0 Å². The zero-order valence-corrected chi connectivity index (χ0v) is 8.79. The molecule has 3 heteroatoms. The maximum atomic E-state index is 3.94. The van der Waals surface area contributed by atoms with Crippen molar-refractivity contribution in [1.82, 2.24) is 15.5 Å². The monoisotopic (exact) mass is 193 g/mol. The third kappa shape index (κ3) is 2.58. The smallest absolute Gasteiger partial charge is 0.0490 e. The number of nitrogens with zero attached hydrogens (tertiary/aromatic N) is 1. The summed E-state index contributed by atoms with van der Waals surface area (Å²) in [5.41, 5.74) is 1.18. The van der Waals surface area contributed by atoms with Crippen LogP contribution in [-0.2, 0) is 6.54 Å². The van der Waals surface area contributed by atoms with Gasteiger partial charge in [-0.25, -0.2) is 0 Å². The molecule has 3 nitrogen and oxygen atoms in total. The summed E-state index contributed by atoms with van der Waals surface area (Å²) in [4.78, 5) is 0. The molecule has 78 valence electrons. The molecule has 2 unspecified atom stereocenters. The molecule has 0 saturated heterocycles. The summed E-state index contributed by atoms with van der Waals surface area (Å²) < 4.78 is 0. The second-order valence-corrected chi connectivity index (χ2v) is 4.43. The van der Waals surface area contributed by atoms with Crippen molar-refractivity contribution < 1.29 is 0 Å². The predicted octanol–water partition coefficient (Wildman–Crippen LogP) is 2.08. The van der Waals surface area contributed by atoms with Crippen molar-refractivity contribution >= 4 is 0 Å². The van der Waals surface area contributed by atoms with Crippen molar-refractivity contribution in [3.8, 4) is 0 Å². The molecule has 0 aromatic carbocycles. The van der Waals surface area contributed by atoms with Gasteiger partial charge in [-0.3, -0.25) is 5.10 Å². The fraction of sp³-hybridized carbons (Fsp3) is 0.727. The molecule has 1 aromatic heterocycles. The van der Waals surface area contributed by atoms with Crippen molar-refractivity contribution in [1.29, 1.82) is 0 Å². The lowest BCUT2D eigenvalue weighted by molar-refractivity contribution is 0.300. The maximum absolute atomic E-state index is 3.94. The molecule has 0 aliphatic heterocycles. The summed E-state index contributed by atoms with van der Waals surface area (Å²) in [5, 5.41) is 10.5. The van der Waals surface area contributed by atoms with Crippen molar-refractivity contribution in [2.45, 2.75) is 45.2 Å². The Hall–Kier alpha value is -0.830. The van der Waals surface area contributed by atoms with E-state index >= 15 is 0 Å². The molecular formula is C11H19N3. The average Bonchev–Trinajstić information content (AvgIpc) is 2.67. The van der Waals surface area contributed by atoms with E-state index in [2.05, 4.69) is 22.4 Å². The van der Waals surface area contributed by atoms with Crippen molar-refractivity contribution in [2.24, 2.45) is 5.92 Å². The highest BCUT2D eigenvalue weighted by Crippen LogP contribution is 2.23.